The summed E-state index contributed by atoms with van der Waals surface area (Å²) in [6.45, 7) is 9.61. The fraction of sp³-hybridized carbons (Fsp3) is 0.474. The van der Waals surface area contributed by atoms with E-state index in [1.165, 1.54) is 0 Å². The highest BCUT2D eigenvalue weighted by Crippen LogP contribution is 2.20. The number of rotatable bonds is 6. The molecule has 0 saturated heterocycles. The first-order valence-electron chi connectivity index (χ1n) is 8.25. The van der Waals surface area contributed by atoms with Crippen molar-refractivity contribution >= 4 is 5.91 Å². The highest BCUT2D eigenvalue weighted by atomic mass is 16.5. The normalized spacial score (nSPS) is 11.4. The van der Waals surface area contributed by atoms with Gasteiger partial charge in [-0.2, -0.15) is 5.10 Å². The molecule has 5 nitrogen and oxygen atoms in total. The number of hydrogen-bond acceptors (Lipinski definition) is 3. The molecule has 0 radical (unpaired) electrons. The molecule has 2 rings (SSSR count). The first kappa shape index (κ1) is 18.0. The van der Waals surface area contributed by atoms with E-state index >= 15 is 0 Å². The van der Waals surface area contributed by atoms with Crippen LogP contribution in [0, 0.1) is 12.3 Å². The van der Waals surface area contributed by atoms with E-state index in [-0.39, 0.29) is 11.3 Å². The van der Waals surface area contributed by atoms with Crippen molar-refractivity contribution in [3.05, 3.63) is 47.3 Å². The molecular weight excluding hydrogens is 302 g/mol. The van der Waals surface area contributed by atoms with Crippen molar-refractivity contribution < 1.29 is 9.53 Å². The summed E-state index contributed by atoms with van der Waals surface area (Å²) in [5.74, 6) is 0.708. The van der Waals surface area contributed by atoms with Crippen LogP contribution in [0.2, 0.25) is 0 Å². The van der Waals surface area contributed by atoms with Crippen molar-refractivity contribution in [3.8, 4) is 5.75 Å². The standard InChI is InChI=1S/C19H27N3O2/c1-14-11-17(22(5)21-14)18(23)20-13-15-7-6-8-16(12-15)24-10-9-19(2,3)4/h6-8,11-12H,9-10,13H2,1-5H3,(H,20,23). The van der Waals surface area contributed by atoms with Gasteiger partial charge in [-0.3, -0.25) is 9.48 Å². The molecule has 0 bridgehead atoms. The molecule has 2 aromatic rings. The third-order valence-electron chi connectivity index (χ3n) is 3.71. The summed E-state index contributed by atoms with van der Waals surface area (Å²) in [5, 5.41) is 7.11. The Labute approximate surface area is 144 Å². The number of nitrogens with one attached hydrogen (secondary N) is 1. The smallest absolute Gasteiger partial charge is 0.269 e. The van der Waals surface area contributed by atoms with Gasteiger partial charge in [0.15, 0.2) is 0 Å². The molecule has 1 aromatic heterocycles. The molecule has 0 aliphatic rings. The monoisotopic (exact) mass is 329 g/mol. The Balaban J connectivity index is 1.90. The van der Waals surface area contributed by atoms with Crippen LogP contribution in [-0.2, 0) is 13.6 Å². The minimum atomic E-state index is -0.128. The van der Waals surface area contributed by atoms with Crippen molar-refractivity contribution in [2.75, 3.05) is 6.61 Å². The SMILES string of the molecule is Cc1cc(C(=O)NCc2cccc(OCCC(C)(C)C)c2)n(C)n1. The van der Waals surface area contributed by atoms with Crippen LogP contribution in [-0.4, -0.2) is 22.3 Å². The highest BCUT2D eigenvalue weighted by molar-refractivity contribution is 5.92. The molecule has 0 saturated carbocycles. The lowest BCUT2D eigenvalue weighted by molar-refractivity contribution is 0.0941. The van der Waals surface area contributed by atoms with Crippen LogP contribution in [0.25, 0.3) is 0 Å². The first-order valence-corrected chi connectivity index (χ1v) is 8.25. The van der Waals surface area contributed by atoms with E-state index < -0.39 is 0 Å². The van der Waals surface area contributed by atoms with E-state index in [0.717, 1.165) is 23.4 Å². The number of carbonyl (C=O) groups is 1. The average molecular weight is 329 g/mol. The number of hydrogen-bond donors (Lipinski definition) is 1. The molecule has 1 heterocycles. The highest BCUT2D eigenvalue weighted by Gasteiger charge is 2.12. The number of aryl methyl sites for hydroxylation is 2. The summed E-state index contributed by atoms with van der Waals surface area (Å²) in [6, 6.07) is 9.62. The van der Waals surface area contributed by atoms with Crippen LogP contribution in [0.1, 0.15) is 48.9 Å². The third kappa shape index (κ3) is 5.41. The molecule has 24 heavy (non-hydrogen) atoms. The van der Waals surface area contributed by atoms with E-state index in [1.54, 1.807) is 17.8 Å². The second-order valence-electron chi connectivity index (χ2n) is 7.28. The lowest BCUT2D eigenvalue weighted by atomic mass is 9.93. The van der Waals surface area contributed by atoms with Crippen LogP contribution in [0.5, 0.6) is 5.75 Å². The fourth-order valence-corrected chi connectivity index (χ4v) is 2.32. The van der Waals surface area contributed by atoms with Crippen LogP contribution in [0.3, 0.4) is 0 Å². The summed E-state index contributed by atoms with van der Waals surface area (Å²) >= 11 is 0. The van der Waals surface area contributed by atoms with Gasteiger partial charge in [-0.1, -0.05) is 32.9 Å². The zero-order valence-corrected chi connectivity index (χ0v) is 15.2. The van der Waals surface area contributed by atoms with Gasteiger partial charge in [0.1, 0.15) is 11.4 Å². The Hall–Kier alpha value is -2.30. The maximum Gasteiger partial charge on any atom is 0.269 e. The minimum absolute atomic E-state index is 0.128. The lowest BCUT2D eigenvalue weighted by Crippen LogP contribution is -2.25. The van der Waals surface area contributed by atoms with Crippen LogP contribution in [0.4, 0.5) is 0 Å². The van der Waals surface area contributed by atoms with Crippen molar-refractivity contribution in [2.45, 2.75) is 40.7 Å². The number of carbonyl (C=O) groups excluding carboxylic acids is 1. The molecule has 0 aliphatic heterocycles. The van der Waals surface area contributed by atoms with Crippen LogP contribution in [0.15, 0.2) is 30.3 Å². The molecule has 1 N–H and O–H groups in total. The topological polar surface area (TPSA) is 56.1 Å². The average Bonchev–Trinajstić information content (AvgIpc) is 2.83. The Kier molecular flexibility index (Phi) is 5.65. The van der Waals surface area contributed by atoms with Gasteiger partial charge in [-0.15, -0.1) is 0 Å². The molecule has 130 valence electrons. The first-order chi connectivity index (χ1) is 11.2. The zero-order chi connectivity index (χ0) is 17.7. The molecule has 0 atom stereocenters. The summed E-state index contributed by atoms with van der Waals surface area (Å²) in [4.78, 5) is 12.2. The van der Waals surface area contributed by atoms with E-state index in [4.69, 9.17) is 4.74 Å². The van der Waals surface area contributed by atoms with Crippen molar-refractivity contribution in [1.82, 2.24) is 15.1 Å². The Bertz CT molecular complexity index is 699. The molecule has 5 heteroatoms. The van der Waals surface area contributed by atoms with Gasteiger partial charge in [0, 0.05) is 13.6 Å². The summed E-state index contributed by atoms with van der Waals surface area (Å²) in [6.07, 6.45) is 0.994. The summed E-state index contributed by atoms with van der Waals surface area (Å²) < 4.78 is 7.40. The number of benzene rings is 1. The van der Waals surface area contributed by atoms with Gasteiger partial charge >= 0.3 is 0 Å². The van der Waals surface area contributed by atoms with E-state index in [2.05, 4.69) is 31.2 Å². The minimum Gasteiger partial charge on any atom is -0.494 e. The molecule has 1 amide bonds. The Morgan fingerprint density at radius 1 is 1.29 bits per heavy atom. The largest absolute Gasteiger partial charge is 0.494 e. The maximum absolute atomic E-state index is 12.2. The predicted octanol–water partition coefficient (Wildman–Crippen LogP) is 3.47. The van der Waals surface area contributed by atoms with Crippen molar-refractivity contribution in [2.24, 2.45) is 12.5 Å². The number of aromatic nitrogens is 2. The van der Waals surface area contributed by atoms with E-state index in [1.807, 2.05) is 31.2 Å². The van der Waals surface area contributed by atoms with Gasteiger partial charge < -0.3 is 10.1 Å². The zero-order valence-electron chi connectivity index (χ0n) is 15.2. The quantitative estimate of drug-likeness (QED) is 0.883. The Morgan fingerprint density at radius 3 is 2.67 bits per heavy atom. The van der Waals surface area contributed by atoms with Gasteiger partial charge in [-0.05, 0) is 42.5 Å². The van der Waals surface area contributed by atoms with Crippen molar-refractivity contribution in [3.63, 3.8) is 0 Å². The maximum atomic E-state index is 12.2. The lowest BCUT2D eigenvalue weighted by Gasteiger charge is -2.18. The molecule has 0 fully saturated rings. The van der Waals surface area contributed by atoms with Gasteiger partial charge in [0.05, 0.1) is 12.3 Å². The molecule has 0 unspecified atom stereocenters. The second-order valence-corrected chi connectivity index (χ2v) is 7.28. The van der Waals surface area contributed by atoms with Crippen LogP contribution < -0.4 is 10.1 Å². The summed E-state index contributed by atoms with van der Waals surface area (Å²) in [7, 11) is 1.77. The van der Waals surface area contributed by atoms with E-state index in [9.17, 15) is 4.79 Å². The van der Waals surface area contributed by atoms with E-state index in [0.29, 0.717) is 18.8 Å². The van der Waals surface area contributed by atoms with Gasteiger partial charge in [0.2, 0.25) is 0 Å². The van der Waals surface area contributed by atoms with Gasteiger partial charge in [-0.25, -0.2) is 0 Å². The number of ether oxygens (including phenoxy) is 1. The second kappa shape index (κ2) is 7.51. The number of amides is 1. The summed E-state index contributed by atoms with van der Waals surface area (Å²) in [5.41, 5.74) is 2.66. The molecule has 0 spiro atoms. The Morgan fingerprint density at radius 2 is 2.04 bits per heavy atom. The van der Waals surface area contributed by atoms with Crippen molar-refractivity contribution in [1.29, 1.82) is 0 Å². The predicted molar refractivity (Wildman–Crippen MR) is 95.1 cm³/mol. The molecule has 0 aliphatic carbocycles. The fourth-order valence-electron chi connectivity index (χ4n) is 2.32. The molecular formula is C19H27N3O2. The van der Waals surface area contributed by atoms with Crippen LogP contribution >= 0.6 is 0 Å². The number of nitrogens with zero attached hydrogens (tertiary/aromatic N) is 2. The molecule has 1 aromatic carbocycles. The van der Waals surface area contributed by atoms with Gasteiger partial charge in [0.25, 0.3) is 5.91 Å². The third-order valence-corrected chi connectivity index (χ3v) is 3.71.